The Morgan fingerprint density at radius 2 is 2.04 bits per heavy atom. The van der Waals surface area contributed by atoms with E-state index in [0.717, 1.165) is 24.2 Å². The molecular formula is C17H24N2O4. The number of ether oxygens (including phenoxy) is 2. The summed E-state index contributed by atoms with van der Waals surface area (Å²) in [5.41, 5.74) is 0.954. The van der Waals surface area contributed by atoms with E-state index in [-0.39, 0.29) is 18.6 Å². The number of carbonyl (C=O) groups excluding carboxylic acids is 2. The van der Waals surface area contributed by atoms with E-state index in [2.05, 4.69) is 12.2 Å². The highest BCUT2D eigenvalue weighted by molar-refractivity contribution is 5.78. The summed E-state index contributed by atoms with van der Waals surface area (Å²) in [7, 11) is 0. The maximum absolute atomic E-state index is 11.8. The van der Waals surface area contributed by atoms with Crippen LogP contribution in [0.4, 0.5) is 0 Å². The number of benzene rings is 1. The SMILES string of the molecule is CCCCNC(=O)CCN(Cc1ccc2c(c1)OCO2)C(C)=O. The highest BCUT2D eigenvalue weighted by Crippen LogP contribution is 2.32. The molecule has 0 unspecified atom stereocenters. The van der Waals surface area contributed by atoms with Gasteiger partial charge in [0.15, 0.2) is 11.5 Å². The lowest BCUT2D eigenvalue weighted by Gasteiger charge is -2.21. The summed E-state index contributed by atoms with van der Waals surface area (Å²) in [6.07, 6.45) is 2.33. The Hall–Kier alpha value is -2.24. The van der Waals surface area contributed by atoms with E-state index in [1.165, 1.54) is 6.92 Å². The van der Waals surface area contributed by atoms with Gasteiger partial charge in [0, 0.05) is 33.0 Å². The smallest absolute Gasteiger partial charge is 0.231 e. The standard InChI is InChI=1S/C17H24N2O4/c1-3-4-8-18-17(21)7-9-19(13(2)20)11-14-5-6-15-16(10-14)23-12-22-15/h5-6,10H,3-4,7-9,11-12H2,1-2H3,(H,18,21). The molecule has 0 bridgehead atoms. The quantitative estimate of drug-likeness (QED) is 0.745. The Labute approximate surface area is 136 Å². The van der Waals surface area contributed by atoms with Crippen molar-refractivity contribution in [2.45, 2.75) is 39.7 Å². The van der Waals surface area contributed by atoms with Crippen LogP contribution in [0.15, 0.2) is 18.2 Å². The van der Waals surface area contributed by atoms with Crippen LogP contribution in [0.1, 0.15) is 38.7 Å². The number of rotatable bonds is 8. The maximum Gasteiger partial charge on any atom is 0.231 e. The predicted octanol–water partition coefficient (Wildman–Crippen LogP) is 2.07. The largest absolute Gasteiger partial charge is 0.454 e. The Kier molecular flexibility index (Phi) is 6.26. The van der Waals surface area contributed by atoms with Crippen LogP contribution in [0, 0.1) is 0 Å². The summed E-state index contributed by atoms with van der Waals surface area (Å²) in [6, 6.07) is 5.62. The Bertz CT molecular complexity index is 560. The number of carbonyl (C=O) groups is 2. The number of amides is 2. The van der Waals surface area contributed by atoms with Gasteiger partial charge in [-0.1, -0.05) is 19.4 Å². The molecule has 0 aliphatic carbocycles. The minimum Gasteiger partial charge on any atom is -0.454 e. The molecule has 1 aromatic rings. The third kappa shape index (κ3) is 5.16. The van der Waals surface area contributed by atoms with E-state index in [4.69, 9.17) is 9.47 Å². The lowest BCUT2D eigenvalue weighted by Crippen LogP contribution is -2.33. The first-order valence-electron chi connectivity index (χ1n) is 8.01. The van der Waals surface area contributed by atoms with Crippen molar-refractivity contribution in [2.75, 3.05) is 19.9 Å². The van der Waals surface area contributed by atoms with E-state index in [1.807, 2.05) is 18.2 Å². The molecule has 6 nitrogen and oxygen atoms in total. The number of fused-ring (bicyclic) bond motifs is 1. The molecular weight excluding hydrogens is 296 g/mol. The zero-order valence-electron chi connectivity index (χ0n) is 13.8. The molecule has 2 rings (SSSR count). The van der Waals surface area contributed by atoms with Crippen LogP contribution in [0.3, 0.4) is 0 Å². The number of unbranched alkanes of at least 4 members (excludes halogenated alkanes) is 1. The van der Waals surface area contributed by atoms with Crippen molar-refractivity contribution in [1.29, 1.82) is 0 Å². The van der Waals surface area contributed by atoms with Crippen LogP contribution >= 0.6 is 0 Å². The van der Waals surface area contributed by atoms with Crippen molar-refractivity contribution in [1.82, 2.24) is 10.2 Å². The third-order valence-electron chi connectivity index (χ3n) is 3.72. The molecule has 0 saturated carbocycles. The Morgan fingerprint density at radius 1 is 1.26 bits per heavy atom. The van der Waals surface area contributed by atoms with Crippen LogP contribution in [-0.4, -0.2) is 36.6 Å². The Morgan fingerprint density at radius 3 is 2.78 bits per heavy atom. The number of hydrogen-bond donors (Lipinski definition) is 1. The maximum atomic E-state index is 11.8. The van der Waals surface area contributed by atoms with Gasteiger partial charge < -0.3 is 19.7 Å². The van der Waals surface area contributed by atoms with Crippen molar-refractivity contribution >= 4 is 11.8 Å². The van der Waals surface area contributed by atoms with Gasteiger partial charge in [0.25, 0.3) is 0 Å². The van der Waals surface area contributed by atoms with Crippen LogP contribution < -0.4 is 14.8 Å². The van der Waals surface area contributed by atoms with Gasteiger partial charge in [-0.3, -0.25) is 9.59 Å². The molecule has 0 saturated heterocycles. The normalized spacial score (nSPS) is 12.1. The van der Waals surface area contributed by atoms with Gasteiger partial charge in [0.1, 0.15) is 0 Å². The van der Waals surface area contributed by atoms with Crippen LogP contribution in [0.5, 0.6) is 11.5 Å². The monoisotopic (exact) mass is 320 g/mol. The van der Waals surface area contributed by atoms with Crippen molar-refractivity contribution in [3.8, 4) is 11.5 Å². The van der Waals surface area contributed by atoms with Gasteiger partial charge in [0.05, 0.1) is 0 Å². The molecule has 6 heteroatoms. The van der Waals surface area contributed by atoms with E-state index >= 15 is 0 Å². The molecule has 0 fully saturated rings. The van der Waals surface area contributed by atoms with Gasteiger partial charge >= 0.3 is 0 Å². The molecule has 0 aromatic heterocycles. The summed E-state index contributed by atoms with van der Waals surface area (Å²) in [4.78, 5) is 25.2. The van der Waals surface area contributed by atoms with Crippen molar-refractivity contribution in [2.24, 2.45) is 0 Å². The second-order valence-corrected chi connectivity index (χ2v) is 5.58. The fourth-order valence-corrected chi connectivity index (χ4v) is 2.34. The molecule has 1 aliphatic rings. The molecule has 1 aliphatic heterocycles. The third-order valence-corrected chi connectivity index (χ3v) is 3.72. The van der Waals surface area contributed by atoms with Crippen LogP contribution in [-0.2, 0) is 16.1 Å². The highest BCUT2D eigenvalue weighted by Gasteiger charge is 2.16. The number of nitrogens with one attached hydrogen (secondary N) is 1. The van der Waals surface area contributed by atoms with E-state index in [1.54, 1.807) is 4.90 Å². The van der Waals surface area contributed by atoms with Crippen molar-refractivity contribution < 1.29 is 19.1 Å². The fourth-order valence-electron chi connectivity index (χ4n) is 2.34. The molecule has 1 aromatic carbocycles. The molecule has 1 N–H and O–H groups in total. The molecule has 23 heavy (non-hydrogen) atoms. The van der Waals surface area contributed by atoms with Crippen molar-refractivity contribution in [3.05, 3.63) is 23.8 Å². The van der Waals surface area contributed by atoms with E-state index in [0.29, 0.717) is 31.8 Å². The van der Waals surface area contributed by atoms with Crippen LogP contribution in [0.25, 0.3) is 0 Å². The lowest BCUT2D eigenvalue weighted by atomic mass is 10.2. The molecule has 0 atom stereocenters. The van der Waals surface area contributed by atoms with E-state index < -0.39 is 0 Å². The summed E-state index contributed by atoms with van der Waals surface area (Å²) in [5, 5.41) is 2.86. The van der Waals surface area contributed by atoms with Gasteiger partial charge in [0.2, 0.25) is 18.6 Å². The highest BCUT2D eigenvalue weighted by atomic mass is 16.7. The number of hydrogen-bond acceptors (Lipinski definition) is 4. The summed E-state index contributed by atoms with van der Waals surface area (Å²) < 4.78 is 10.6. The summed E-state index contributed by atoms with van der Waals surface area (Å²) in [6.45, 7) is 5.37. The van der Waals surface area contributed by atoms with Gasteiger partial charge in [-0.15, -0.1) is 0 Å². The first-order chi connectivity index (χ1) is 11.1. The van der Waals surface area contributed by atoms with Crippen molar-refractivity contribution in [3.63, 3.8) is 0 Å². The zero-order chi connectivity index (χ0) is 16.7. The molecule has 0 spiro atoms. The molecule has 2 amide bonds. The Balaban J connectivity index is 1.86. The fraction of sp³-hybridized carbons (Fsp3) is 0.529. The van der Waals surface area contributed by atoms with Gasteiger partial charge in [-0.2, -0.15) is 0 Å². The first-order valence-corrected chi connectivity index (χ1v) is 8.01. The zero-order valence-corrected chi connectivity index (χ0v) is 13.8. The molecule has 126 valence electrons. The minimum absolute atomic E-state index is 0.0182. The van der Waals surface area contributed by atoms with Crippen LogP contribution in [0.2, 0.25) is 0 Å². The summed E-state index contributed by atoms with van der Waals surface area (Å²) in [5.74, 6) is 1.35. The van der Waals surface area contributed by atoms with E-state index in [9.17, 15) is 9.59 Å². The molecule has 0 radical (unpaired) electrons. The predicted molar refractivity (Wildman–Crippen MR) is 86.2 cm³/mol. The second-order valence-electron chi connectivity index (χ2n) is 5.58. The topological polar surface area (TPSA) is 67.9 Å². The minimum atomic E-state index is -0.0518. The van der Waals surface area contributed by atoms with Gasteiger partial charge in [-0.25, -0.2) is 0 Å². The molecule has 1 heterocycles. The lowest BCUT2D eigenvalue weighted by molar-refractivity contribution is -0.130. The first kappa shape index (κ1) is 17.1. The average molecular weight is 320 g/mol. The summed E-state index contributed by atoms with van der Waals surface area (Å²) >= 11 is 0. The number of nitrogens with zero attached hydrogens (tertiary/aromatic N) is 1. The van der Waals surface area contributed by atoms with Gasteiger partial charge in [-0.05, 0) is 24.1 Å². The second kappa shape index (κ2) is 8.41. The average Bonchev–Trinajstić information content (AvgIpc) is 2.99.